The van der Waals surface area contributed by atoms with E-state index in [1.165, 1.54) is 12.3 Å². The molecule has 8 heteroatoms. The zero-order chi connectivity index (χ0) is 20.1. The predicted molar refractivity (Wildman–Crippen MR) is 106 cm³/mol. The van der Waals surface area contributed by atoms with Gasteiger partial charge >= 0.3 is 0 Å². The molecule has 28 heavy (non-hydrogen) atoms. The van der Waals surface area contributed by atoms with Crippen molar-refractivity contribution in [2.45, 2.75) is 32.2 Å². The van der Waals surface area contributed by atoms with Gasteiger partial charge in [-0.25, -0.2) is 13.4 Å². The van der Waals surface area contributed by atoms with Gasteiger partial charge in [-0.05, 0) is 30.9 Å². The van der Waals surface area contributed by atoms with Crippen LogP contribution >= 0.6 is 0 Å². The van der Waals surface area contributed by atoms with Crippen LogP contribution in [0.5, 0.6) is 11.6 Å². The van der Waals surface area contributed by atoms with Gasteiger partial charge in [0, 0.05) is 24.3 Å². The molecule has 0 spiro atoms. The van der Waals surface area contributed by atoms with E-state index < -0.39 is 15.7 Å². The molecular weight excluding hydrogens is 378 g/mol. The summed E-state index contributed by atoms with van der Waals surface area (Å²) < 4.78 is 28.7. The van der Waals surface area contributed by atoms with Crippen molar-refractivity contribution in [1.29, 1.82) is 0 Å². The molecule has 1 atom stereocenters. The number of nitrogens with one attached hydrogen (secondary N) is 1. The number of benzene rings is 1. The van der Waals surface area contributed by atoms with Gasteiger partial charge in [0.1, 0.15) is 17.1 Å². The highest BCUT2D eigenvalue weighted by atomic mass is 32.2. The molecule has 0 aliphatic heterocycles. The van der Waals surface area contributed by atoms with Crippen LogP contribution in [0.3, 0.4) is 0 Å². The predicted octanol–water partition coefficient (Wildman–Crippen LogP) is 2.90. The zero-order valence-corrected chi connectivity index (χ0v) is 16.6. The summed E-state index contributed by atoms with van der Waals surface area (Å²) in [4.78, 5) is 21.4. The van der Waals surface area contributed by atoms with Crippen LogP contribution < -0.4 is 10.1 Å². The minimum atomic E-state index is -3.26. The fourth-order valence-corrected chi connectivity index (χ4v) is 3.09. The first-order valence-corrected chi connectivity index (χ1v) is 11.1. The van der Waals surface area contributed by atoms with Crippen LogP contribution in [0.15, 0.2) is 48.0 Å². The average Bonchev–Trinajstić information content (AvgIpc) is 3.50. The summed E-state index contributed by atoms with van der Waals surface area (Å²) in [6.07, 6.45) is 6.59. The number of amides is 1. The van der Waals surface area contributed by atoms with E-state index in [9.17, 15) is 13.2 Å². The molecule has 1 heterocycles. The van der Waals surface area contributed by atoms with E-state index >= 15 is 0 Å². The first-order valence-electron chi connectivity index (χ1n) is 9.13. The number of aromatic nitrogens is 2. The summed E-state index contributed by atoms with van der Waals surface area (Å²) in [5.74, 6) is 1.14. The maximum Gasteiger partial charge on any atom is 0.258 e. The topological polar surface area (TPSA) is 98.2 Å². The van der Waals surface area contributed by atoms with Gasteiger partial charge in [-0.1, -0.05) is 31.2 Å². The van der Waals surface area contributed by atoms with Gasteiger partial charge in [0.05, 0.1) is 6.04 Å². The second kappa shape index (κ2) is 8.52. The molecule has 1 aromatic heterocycles. The summed E-state index contributed by atoms with van der Waals surface area (Å²) in [6.45, 7) is 1.92. The maximum atomic E-state index is 12.9. The number of rotatable bonds is 8. The largest absolute Gasteiger partial charge is 0.438 e. The van der Waals surface area contributed by atoms with Crippen LogP contribution in [0.4, 0.5) is 0 Å². The lowest BCUT2D eigenvalue weighted by atomic mass is 10.1. The third-order valence-electron chi connectivity index (χ3n) is 4.28. The summed E-state index contributed by atoms with van der Waals surface area (Å²) in [7, 11) is -3.26. The number of sulfone groups is 1. The molecule has 1 aromatic carbocycles. The highest BCUT2D eigenvalue weighted by Gasteiger charge is 2.32. The highest BCUT2D eigenvalue weighted by Crippen LogP contribution is 2.34. The Labute approximate surface area is 164 Å². The molecule has 1 amide bonds. The van der Waals surface area contributed by atoms with Crippen molar-refractivity contribution in [3.8, 4) is 11.6 Å². The molecule has 2 aromatic rings. The quantitative estimate of drug-likeness (QED) is 0.730. The van der Waals surface area contributed by atoms with Gasteiger partial charge in [-0.3, -0.25) is 4.79 Å². The Hall–Kier alpha value is -2.74. The molecule has 3 rings (SSSR count). The molecule has 0 unspecified atom stereocenters. The zero-order valence-electron chi connectivity index (χ0n) is 15.8. The number of carbonyl (C=O) groups is 1. The third kappa shape index (κ3) is 5.63. The van der Waals surface area contributed by atoms with Crippen LogP contribution in [-0.4, -0.2) is 36.6 Å². The Balaban J connectivity index is 1.84. The van der Waals surface area contributed by atoms with Gasteiger partial charge in [0.25, 0.3) is 5.91 Å². The smallest absolute Gasteiger partial charge is 0.258 e. The van der Waals surface area contributed by atoms with E-state index in [1.54, 1.807) is 12.1 Å². The molecular formula is C20H23N3O4S. The van der Waals surface area contributed by atoms with E-state index in [2.05, 4.69) is 15.3 Å². The highest BCUT2D eigenvalue weighted by molar-refractivity contribution is 7.93. The Kier molecular flexibility index (Phi) is 6.08. The molecule has 0 radical (unpaired) electrons. The van der Waals surface area contributed by atoms with Gasteiger partial charge in [0.2, 0.25) is 5.88 Å². The second-order valence-corrected chi connectivity index (χ2v) is 8.70. The first kappa shape index (κ1) is 20.0. The fraction of sp³-hybridized carbons (Fsp3) is 0.350. The Bertz CT molecular complexity index is 970. The van der Waals surface area contributed by atoms with Gasteiger partial charge in [-0.15, -0.1) is 0 Å². The first-order chi connectivity index (χ1) is 13.4. The van der Waals surface area contributed by atoms with Crippen LogP contribution in [-0.2, 0) is 16.3 Å². The number of aryl methyl sites for hydroxylation is 1. The standard InChI is InChI=1S/C20H23N3O4S/c1-3-18-21-13-16(20(23-18)27-15-7-5-4-6-8-15)19(24)22-17(14-9-10-14)11-12-28(2,25)26/h4-8,11-14,17H,3,9-10H2,1-2H3,(H,22,24)/b12-11+/t17-/m1/s1. The van der Waals surface area contributed by atoms with Crippen molar-refractivity contribution < 1.29 is 17.9 Å². The summed E-state index contributed by atoms with van der Waals surface area (Å²) in [6, 6.07) is 8.71. The van der Waals surface area contributed by atoms with E-state index in [-0.39, 0.29) is 23.4 Å². The molecule has 1 aliphatic rings. The summed E-state index contributed by atoms with van der Waals surface area (Å²) in [5, 5.41) is 4.01. The van der Waals surface area contributed by atoms with Gasteiger partial charge in [-0.2, -0.15) is 4.98 Å². The number of ether oxygens (including phenoxy) is 1. The van der Waals surface area contributed by atoms with Gasteiger partial charge < -0.3 is 10.1 Å². The van der Waals surface area contributed by atoms with Crippen molar-refractivity contribution in [3.63, 3.8) is 0 Å². The molecule has 148 valence electrons. The Morgan fingerprint density at radius 1 is 1.32 bits per heavy atom. The summed E-state index contributed by atoms with van der Waals surface area (Å²) in [5.41, 5.74) is 0.208. The number of carbonyl (C=O) groups excluding carboxylic acids is 1. The molecule has 0 bridgehead atoms. The second-order valence-electron chi connectivity index (χ2n) is 6.77. The SMILES string of the molecule is CCc1ncc(C(=O)N[C@H](/C=C/S(C)(=O)=O)C2CC2)c(Oc2ccccc2)n1. The number of para-hydroxylation sites is 1. The number of hydrogen-bond donors (Lipinski definition) is 1. The molecule has 7 nitrogen and oxygen atoms in total. The van der Waals surface area contributed by atoms with Crippen molar-refractivity contribution in [3.05, 3.63) is 59.4 Å². The van der Waals surface area contributed by atoms with Crippen molar-refractivity contribution in [2.24, 2.45) is 5.92 Å². The van der Waals surface area contributed by atoms with Crippen molar-refractivity contribution in [2.75, 3.05) is 6.26 Å². The number of hydrogen-bond acceptors (Lipinski definition) is 6. The lowest BCUT2D eigenvalue weighted by molar-refractivity contribution is 0.0937. The lowest BCUT2D eigenvalue weighted by Crippen LogP contribution is -2.35. The normalized spacial score (nSPS) is 15.4. The monoisotopic (exact) mass is 401 g/mol. The Morgan fingerprint density at radius 2 is 2.04 bits per heavy atom. The minimum Gasteiger partial charge on any atom is -0.438 e. The third-order valence-corrected chi connectivity index (χ3v) is 4.93. The minimum absolute atomic E-state index is 0.178. The van der Waals surface area contributed by atoms with Crippen LogP contribution in [0.1, 0.15) is 35.9 Å². The van der Waals surface area contributed by atoms with Crippen LogP contribution in [0.2, 0.25) is 0 Å². The lowest BCUT2D eigenvalue weighted by Gasteiger charge is -2.16. The molecule has 1 aliphatic carbocycles. The van der Waals surface area contributed by atoms with E-state index in [0.29, 0.717) is 18.0 Å². The molecule has 0 saturated heterocycles. The summed E-state index contributed by atoms with van der Waals surface area (Å²) >= 11 is 0. The van der Waals surface area contributed by atoms with Crippen molar-refractivity contribution in [1.82, 2.24) is 15.3 Å². The fourth-order valence-electron chi connectivity index (χ4n) is 2.64. The Morgan fingerprint density at radius 3 is 2.64 bits per heavy atom. The van der Waals surface area contributed by atoms with E-state index in [1.807, 2.05) is 25.1 Å². The molecule has 1 N–H and O–H groups in total. The van der Waals surface area contributed by atoms with Crippen molar-refractivity contribution >= 4 is 15.7 Å². The van der Waals surface area contributed by atoms with Crippen LogP contribution in [0.25, 0.3) is 0 Å². The molecule has 1 fully saturated rings. The molecule has 1 saturated carbocycles. The van der Waals surface area contributed by atoms with Gasteiger partial charge in [0.15, 0.2) is 9.84 Å². The van der Waals surface area contributed by atoms with E-state index in [0.717, 1.165) is 24.5 Å². The number of nitrogens with zero attached hydrogens (tertiary/aromatic N) is 2. The van der Waals surface area contributed by atoms with Crippen LogP contribution in [0, 0.1) is 5.92 Å². The van der Waals surface area contributed by atoms with E-state index in [4.69, 9.17) is 4.74 Å². The maximum absolute atomic E-state index is 12.9. The average molecular weight is 401 g/mol.